The highest BCUT2D eigenvalue weighted by Crippen LogP contribution is 2.18. The highest BCUT2D eigenvalue weighted by Gasteiger charge is 2.17. The Balaban J connectivity index is 1.88. The number of carbonyl (C=O) groups is 1. The van der Waals surface area contributed by atoms with Gasteiger partial charge in [-0.05, 0) is 44.0 Å². The molecule has 1 fully saturated rings. The predicted octanol–water partition coefficient (Wildman–Crippen LogP) is 1.57. The van der Waals surface area contributed by atoms with Gasteiger partial charge in [-0.15, -0.1) is 0 Å². The third-order valence-corrected chi connectivity index (χ3v) is 3.78. The Bertz CT molecular complexity index is 489. The van der Waals surface area contributed by atoms with E-state index in [-0.39, 0.29) is 17.2 Å². The molecule has 0 spiro atoms. The van der Waals surface area contributed by atoms with Crippen molar-refractivity contribution in [1.29, 1.82) is 0 Å². The van der Waals surface area contributed by atoms with Crippen molar-refractivity contribution < 1.29 is 9.18 Å². The second-order valence-electron chi connectivity index (χ2n) is 5.63. The summed E-state index contributed by atoms with van der Waals surface area (Å²) >= 11 is 0. The SMILES string of the molecule is CC(CNC(=O)c1cccc(F)c1NN)CN1CCCC1. The number of amides is 1. The minimum atomic E-state index is -0.532. The van der Waals surface area contributed by atoms with Crippen molar-refractivity contribution in [2.24, 2.45) is 11.8 Å². The van der Waals surface area contributed by atoms with Crippen LogP contribution in [0.4, 0.5) is 10.1 Å². The van der Waals surface area contributed by atoms with Crippen molar-refractivity contribution in [1.82, 2.24) is 10.2 Å². The summed E-state index contributed by atoms with van der Waals surface area (Å²) in [5, 5.41) is 2.85. The molecule has 1 aromatic rings. The number of halogens is 1. The molecule has 6 heteroatoms. The molecule has 0 aromatic heterocycles. The Morgan fingerprint density at radius 3 is 2.81 bits per heavy atom. The number of nitrogens with two attached hydrogens (primary N) is 1. The summed E-state index contributed by atoms with van der Waals surface area (Å²) < 4.78 is 13.6. The lowest BCUT2D eigenvalue weighted by molar-refractivity contribution is 0.0945. The van der Waals surface area contributed by atoms with Crippen LogP contribution in [0.5, 0.6) is 0 Å². The van der Waals surface area contributed by atoms with E-state index in [4.69, 9.17) is 5.84 Å². The molecule has 21 heavy (non-hydrogen) atoms. The van der Waals surface area contributed by atoms with Gasteiger partial charge in [-0.25, -0.2) is 4.39 Å². The van der Waals surface area contributed by atoms with Crippen LogP contribution in [0.15, 0.2) is 18.2 Å². The number of likely N-dealkylation sites (tertiary alicyclic amines) is 1. The van der Waals surface area contributed by atoms with Crippen LogP contribution in [0.2, 0.25) is 0 Å². The van der Waals surface area contributed by atoms with Crippen molar-refractivity contribution in [3.05, 3.63) is 29.6 Å². The molecule has 1 saturated heterocycles. The van der Waals surface area contributed by atoms with Crippen LogP contribution >= 0.6 is 0 Å². The van der Waals surface area contributed by atoms with E-state index in [2.05, 4.69) is 22.6 Å². The molecule has 0 aliphatic carbocycles. The van der Waals surface area contributed by atoms with Gasteiger partial charge < -0.3 is 15.6 Å². The first-order chi connectivity index (χ1) is 10.1. The summed E-state index contributed by atoms with van der Waals surface area (Å²) in [6.45, 7) is 5.93. The highest BCUT2D eigenvalue weighted by atomic mass is 19.1. The fourth-order valence-corrected chi connectivity index (χ4v) is 2.69. The summed E-state index contributed by atoms with van der Waals surface area (Å²) in [5.74, 6) is 4.79. The highest BCUT2D eigenvalue weighted by molar-refractivity contribution is 5.99. The van der Waals surface area contributed by atoms with Crippen molar-refractivity contribution in [2.75, 3.05) is 31.6 Å². The molecule has 0 bridgehead atoms. The first-order valence-electron chi connectivity index (χ1n) is 7.37. The molecular formula is C15H23FN4O. The second-order valence-corrected chi connectivity index (χ2v) is 5.63. The van der Waals surface area contributed by atoms with Gasteiger partial charge in [0.05, 0.1) is 11.3 Å². The van der Waals surface area contributed by atoms with Gasteiger partial charge >= 0.3 is 0 Å². The maximum Gasteiger partial charge on any atom is 0.253 e. The van der Waals surface area contributed by atoms with Crippen LogP contribution in [0, 0.1) is 11.7 Å². The number of hydrazine groups is 1. The zero-order chi connectivity index (χ0) is 15.2. The van der Waals surface area contributed by atoms with E-state index in [0.717, 1.165) is 19.6 Å². The van der Waals surface area contributed by atoms with E-state index in [1.165, 1.54) is 25.0 Å². The number of benzene rings is 1. The van der Waals surface area contributed by atoms with E-state index in [9.17, 15) is 9.18 Å². The van der Waals surface area contributed by atoms with Crippen LogP contribution < -0.4 is 16.6 Å². The number of nitrogens with one attached hydrogen (secondary N) is 2. The summed E-state index contributed by atoms with van der Waals surface area (Å²) in [5.41, 5.74) is 2.50. The fourth-order valence-electron chi connectivity index (χ4n) is 2.69. The number of hydrogen-bond acceptors (Lipinski definition) is 4. The minimum Gasteiger partial charge on any atom is -0.352 e. The standard InChI is InChI=1S/C15H23FN4O/c1-11(10-20-7-2-3-8-20)9-18-15(21)12-5-4-6-13(16)14(12)19-17/h4-6,11,19H,2-3,7-10,17H2,1H3,(H,18,21). The van der Waals surface area contributed by atoms with Gasteiger partial charge in [0, 0.05) is 13.1 Å². The summed E-state index contributed by atoms with van der Waals surface area (Å²) in [6.07, 6.45) is 2.52. The van der Waals surface area contributed by atoms with Gasteiger partial charge in [0.25, 0.3) is 5.91 Å². The Labute approximate surface area is 124 Å². The number of nitrogen functional groups attached to an aromatic ring is 1. The van der Waals surface area contributed by atoms with Gasteiger partial charge in [0.1, 0.15) is 5.82 Å². The molecule has 0 saturated carbocycles. The molecule has 5 nitrogen and oxygen atoms in total. The molecule has 1 aromatic carbocycles. The molecule has 2 rings (SSSR count). The first-order valence-corrected chi connectivity index (χ1v) is 7.37. The number of nitrogens with zero attached hydrogens (tertiary/aromatic N) is 1. The average Bonchev–Trinajstić information content (AvgIpc) is 2.97. The molecule has 1 heterocycles. The van der Waals surface area contributed by atoms with Gasteiger partial charge in [-0.1, -0.05) is 13.0 Å². The van der Waals surface area contributed by atoms with Crippen LogP contribution in [-0.4, -0.2) is 37.0 Å². The zero-order valence-electron chi connectivity index (χ0n) is 12.4. The van der Waals surface area contributed by atoms with Crippen LogP contribution in [0.3, 0.4) is 0 Å². The van der Waals surface area contributed by atoms with Crippen molar-refractivity contribution in [3.63, 3.8) is 0 Å². The molecular weight excluding hydrogens is 271 g/mol. The Hall–Kier alpha value is -1.66. The maximum absolute atomic E-state index is 13.6. The molecule has 1 aliphatic heterocycles. The normalized spacial score (nSPS) is 16.7. The van der Waals surface area contributed by atoms with Crippen LogP contribution in [-0.2, 0) is 0 Å². The van der Waals surface area contributed by atoms with Crippen LogP contribution in [0.25, 0.3) is 0 Å². The number of para-hydroxylation sites is 1. The van der Waals surface area contributed by atoms with Gasteiger partial charge in [0.2, 0.25) is 0 Å². The zero-order valence-corrected chi connectivity index (χ0v) is 12.4. The van der Waals surface area contributed by atoms with Gasteiger partial charge in [-0.2, -0.15) is 0 Å². The van der Waals surface area contributed by atoms with E-state index >= 15 is 0 Å². The molecule has 1 unspecified atom stereocenters. The second kappa shape index (κ2) is 7.38. The average molecular weight is 294 g/mol. The third-order valence-electron chi connectivity index (χ3n) is 3.78. The molecule has 1 atom stereocenters. The first kappa shape index (κ1) is 15.7. The van der Waals surface area contributed by atoms with Crippen molar-refractivity contribution >= 4 is 11.6 Å². The lowest BCUT2D eigenvalue weighted by atomic mass is 10.1. The number of hydrogen-bond donors (Lipinski definition) is 3. The fraction of sp³-hybridized carbons (Fsp3) is 0.533. The molecule has 1 aliphatic rings. The minimum absolute atomic E-state index is 0.0298. The Kier molecular flexibility index (Phi) is 5.52. The Morgan fingerprint density at radius 1 is 1.43 bits per heavy atom. The van der Waals surface area contributed by atoms with Gasteiger partial charge in [0.15, 0.2) is 0 Å². The van der Waals surface area contributed by atoms with Crippen LogP contribution in [0.1, 0.15) is 30.1 Å². The number of carbonyl (C=O) groups excluding carboxylic acids is 1. The summed E-state index contributed by atoms with van der Waals surface area (Å²) in [6, 6.07) is 4.32. The third kappa shape index (κ3) is 4.15. The van der Waals surface area contributed by atoms with Crippen molar-refractivity contribution in [2.45, 2.75) is 19.8 Å². The quantitative estimate of drug-likeness (QED) is 0.550. The van der Waals surface area contributed by atoms with Crippen molar-refractivity contribution in [3.8, 4) is 0 Å². The molecule has 1 amide bonds. The van der Waals surface area contributed by atoms with E-state index < -0.39 is 5.82 Å². The lowest BCUT2D eigenvalue weighted by Gasteiger charge is -2.20. The summed E-state index contributed by atoms with van der Waals surface area (Å²) in [4.78, 5) is 14.5. The maximum atomic E-state index is 13.6. The topological polar surface area (TPSA) is 70.4 Å². The number of anilines is 1. The van der Waals surface area contributed by atoms with E-state index in [1.54, 1.807) is 6.07 Å². The van der Waals surface area contributed by atoms with Gasteiger partial charge in [-0.3, -0.25) is 10.6 Å². The summed E-state index contributed by atoms with van der Waals surface area (Å²) in [7, 11) is 0. The largest absolute Gasteiger partial charge is 0.352 e. The molecule has 116 valence electrons. The number of rotatable bonds is 6. The lowest BCUT2D eigenvalue weighted by Crippen LogP contribution is -2.35. The molecule has 0 radical (unpaired) electrons. The van der Waals surface area contributed by atoms with E-state index in [1.807, 2.05) is 0 Å². The predicted molar refractivity (Wildman–Crippen MR) is 81.4 cm³/mol. The molecule has 4 N–H and O–H groups in total. The van der Waals surface area contributed by atoms with E-state index in [0.29, 0.717) is 12.5 Å². The monoisotopic (exact) mass is 294 g/mol. The Morgan fingerprint density at radius 2 is 2.14 bits per heavy atom. The smallest absolute Gasteiger partial charge is 0.253 e.